The Bertz CT molecular complexity index is 166. The molecule has 16 heavy (non-hydrogen) atoms. The predicted molar refractivity (Wildman–Crippen MR) is 61.4 cm³/mol. The third-order valence-electron chi connectivity index (χ3n) is 2.28. The van der Waals surface area contributed by atoms with E-state index in [-0.39, 0.29) is 6.29 Å². The summed E-state index contributed by atoms with van der Waals surface area (Å²) in [4.78, 5) is 0. The first-order valence-corrected chi connectivity index (χ1v) is 5.93. The van der Waals surface area contributed by atoms with Crippen molar-refractivity contribution >= 4 is 0 Å². The molecule has 94 valence electrons. The third kappa shape index (κ3) is 6.95. The van der Waals surface area contributed by atoms with E-state index in [4.69, 9.17) is 18.9 Å². The second-order valence-electron chi connectivity index (χ2n) is 3.64. The largest absolute Gasteiger partial charge is 0.377 e. The van der Waals surface area contributed by atoms with Crippen molar-refractivity contribution in [1.29, 1.82) is 0 Å². The number of rotatable bonds is 9. The van der Waals surface area contributed by atoms with Crippen LogP contribution in [0.2, 0.25) is 0 Å². The Labute approximate surface area is 97.5 Å². The zero-order chi connectivity index (χ0) is 11.5. The molecule has 0 N–H and O–H groups in total. The van der Waals surface area contributed by atoms with Gasteiger partial charge in [0.1, 0.15) is 0 Å². The monoisotopic (exact) mass is 230 g/mol. The van der Waals surface area contributed by atoms with Crippen LogP contribution in [0, 0.1) is 0 Å². The lowest BCUT2D eigenvalue weighted by Crippen LogP contribution is -2.24. The second-order valence-corrected chi connectivity index (χ2v) is 3.64. The molecule has 4 nitrogen and oxygen atoms in total. The van der Waals surface area contributed by atoms with E-state index in [2.05, 4.69) is 6.58 Å². The molecule has 0 saturated carbocycles. The van der Waals surface area contributed by atoms with E-state index in [0.717, 1.165) is 19.4 Å². The van der Waals surface area contributed by atoms with E-state index in [0.29, 0.717) is 33.0 Å². The summed E-state index contributed by atoms with van der Waals surface area (Å²) in [6, 6.07) is 0. The smallest absolute Gasteiger partial charge is 0.157 e. The van der Waals surface area contributed by atoms with E-state index in [1.165, 1.54) is 6.42 Å². The summed E-state index contributed by atoms with van der Waals surface area (Å²) in [6.45, 7) is 7.35. The van der Waals surface area contributed by atoms with Gasteiger partial charge in [0.25, 0.3) is 0 Å². The number of hydrogen-bond donors (Lipinski definition) is 0. The molecule has 1 heterocycles. The van der Waals surface area contributed by atoms with Crippen LogP contribution in [-0.2, 0) is 18.9 Å². The van der Waals surface area contributed by atoms with Gasteiger partial charge in [-0.15, -0.1) is 6.58 Å². The normalized spacial score (nSPS) is 20.9. The molecule has 0 aromatic heterocycles. The Morgan fingerprint density at radius 1 is 1.12 bits per heavy atom. The van der Waals surface area contributed by atoms with E-state index < -0.39 is 0 Å². The maximum Gasteiger partial charge on any atom is 0.157 e. The van der Waals surface area contributed by atoms with Gasteiger partial charge >= 0.3 is 0 Å². The van der Waals surface area contributed by atoms with Crippen LogP contribution in [0.1, 0.15) is 19.3 Å². The van der Waals surface area contributed by atoms with Crippen LogP contribution in [0.4, 0.5) is 0 Å². The van der Waals surface area contributed by atoms with Gasteiger partial charge in [0.2, 0.25) is 0 Å². The first-order chi connectivity index (χ1) is 7.93. The van der Waals surface area contributed by atoms with Crippen LogP contribution in [0.3, 0.4) is 0 Å². The summed E-state index contributed by atoms with van der Waals surface area (Å²) in [6.07, 6.45) is 5.05. The summed E-state index contributed by atoms with van der Waals surface area (Å²) in [5.74, 6) is 0. The minimum Gasteiger partial charge on any atom is -0.377 e. The first-order valence-electron chi connectivity index (χ1n) is 5.93. The fraction of sp³-hybridized carbons (Fsp3) is 0.833. The Morgan fingerprint density at radius 3 is 2.69 bits per heavy atom. The summed E-state index contributed by atoms with van der Waals surface area (Å²) >= 11 is 0. The van der Waals surface area contributed by atoms with Crippen molar-refractivity contribution in [2.75, 3.05) is 39.6 Å². The highest BCUT2D eigenvalue weighted by Gasteiger charge is 2.13. The molecule has 1 saturated heterocycles. The van der Waals surface area contributed by atoms with Crippen LogP contribution in [-0.4, -0.2) is 45.9 Å². The van der Waals surface area contributed by atoms with Gasteiger partial charge in [-0.1, -0.05) is 6.08 Å². The SMILES string of the molecule is C=CCOCCOCCOC1CCCCO1. The lowest BCUT2D eigenvalue weighted by Gasteiger charge is -2.22. The van der Waals surface area contributed by atoms with Gasteiger partial charge in [0, 0.05) is 6.61 Å². The Hall–Kier alpha value is -0.420. The molecule has 0 aromatic rings. The molecule has 1 atom stereocenters. The van der Waals surface area contributed by atoms with E-state index in [1.54, 1.807) is 6.08 Å². The zero-order valence-electron chi connectivity index (χ0n) is 9.86. The zero-order valence-corrected chi connectivity index (χ0v) is 9.86. The molecule has 4 heteroatoms. The predicted octanol–water partition coefficient (Wildman–Crippen LogP) is 1.75. The van der Waals surface area contributed by atoms with Gasteiger partial charge in [0.15, 0.2) is 6.29 Å². The molecule has 1 fully saturated rings. The van der Waals surface area contributed by atoms with Gasteiger partial charge in [-0.25, -0.2) is 0 Å². The van der Waals surface area contributed by atoms with Gasteiger partial charge in [-0.3, -0.25) is 0 Å². The standard InChI is InChI=1S/C12H22O4/c1-2-6-13-8-9-14-10-11-16-12-5-3-4-7-15-12/h2,12H,1,3-11H2. The van der Waals surface area contributed by atoms with Crippen molar-refractivity contribution in [1.82, 2.24) is 0 Å². The van der Waals surface area contributed by atoms with Crippen molar-refractivity contribution in [2.45, 2.75) is 25.6 Å². The summed E-state index contributed by atoms with van der Waals surface area (Å²) in [7, 11) is 0. The van der Waals surface area contributed by atoms with Crippen LogP contribution >= 0.6 is 0 Å². The second kappa shape index (κ2) is 9.78. The Balaban J connectivity index is 1.78. The fourth-order valence-electron chi connectivity index (χ4n) is 1.47. The molecule has 0 amide bonds. The Kier molecular flexibility index (Phi) is 8.34. The van der Waals surface area contributed by atoms with Gasteiger partial charge in [-0.2, -0.15) is 0 Å². The minimum absolute atomic E-state index is 0.0191. The average Bonchev–Trinajstić information content (AvgIpc) is 2.34. The molecular weight excluding hydrogens is 208 g/mol. The summed E-state index contributed by atoms with van der Waals surface area (Å²) in [5.41, 5.74) is 0. The molecule has 1 aliphatic rings. The van der Waals surface area contributed by atoms with Crippen molar-refractivity contribution < 1.29 is 18.9 Å². The highest BCUT2D eigenvalue weighted by atomic mass is 16.7. The van der Waals surface area contributed by atoms with E-state index in [9.17, 15) is 0 Å². The van der Waals surface area contributed by atoms with Crippen molar-refractivity contribution in [3.05, 3.63) is 12.7 Å². The first kappa shape index (κ1) is 13.6. The van der Waals surface area contributed by atoms with Crippen molar-refractivity contribution in [2.24, 2.45) is 0 Å². The third-order valence-corrected chi connectivity index (χ3v) is 2.28. The van der Waals surface area contributed by atoms with E-state index >= 15 is 0 Å². The molecule has 1 rings (SSSR count). The maximum atomic E-state index is 5.51. The lowest BCUT2D eigenvalue weighted by atomic mass is 10.2. The fourth-order valence-corrected chi connectivity index (χ4v) is 1.47. The number of ether oxygens (including phenoxy) is 4. The van der Waals surface area contributed by atoms with Crippen LogP contribution in [0.15, 0.2) is 12.7 Å². The molecule has 0 spiro atoms. The molecule has 1 aliphatic heterocycles. The minimum atomic E-state index is -0.0191. The van der Waals surface area contributed by atoms with E-state index in [1.807, 2.05) is 0 Å². The molecule has 0 radical (unpaired) electrons. The van der Waals surface area contributed by atoms with Crippen LogP contribution < -0.4 is 0 Å². The van der Waals surface area contributed by atoms with Gasteiger partial charge in [-0.05, 0) is 19.3 Å². The van der Waals surface area contributed by atoms with Crippen molar-refractivity contribution in [3.8, 4) is 0 Å². The number of hydrogen-bond acceptors (Lipinski definition) is 4. The van der Waals surface area contributed by atoms with Crippen molar-refractivity contribution in [3.63, 3.8) is 0 Å². The van der Waals surface area contributed by atoms with Crippen LogP contribution in [0.5, 0.6) is 0 Å². The van der Waals surface area contributed by atoms with Gasteiger partial charge < -0.3 is 18.9 Å². The molecular formula is C12H22O4. The molecule has 1 unspecified atom stereocenters. The molecule has 0 aliphatic carbocycles. The quantitative estimate of drug-likeness (QED) is 0.446. The average molecular weight is 230 g/mol. The Morgan fingerprint density at radius 2 is 1.94 bits per heavy atom. The molecule has 0 aromatic carbocycles. The maximum absolute atomic E-state index is 5.51. The summed E-state index contributed by atoms with van der Waals surface area (Å²) < 4.78 is 21.4. The van der Waals surface area contributed by atoms with Crippen LogP contribution in [0.25, 0.3) is 0 Å². The lowest BCUT2D eigenvalue weighted by molar-refractivity contribution is -0.169. The highest BCUT2D eigenvalue weighted by Crippen LogP contribution is 2.13. The molecule has 0 bridgehead atoms. The highest BCUT2D eigenvalue weighted by molar-refractivity contribution is 4.63. The topological polar surface area (TPSA) is 36.9 Å². The summed E-state index contributed by atoms with van der Waals surface area (Å²) in [5, 5.41) is 0. The van der Waals surface area contributed by atoms with Gasteiger partial charge in [0.05, 0.1) is 33.0 Å².